The van der Waals surface area contributed by atoms with E-state index in [1.165, 1.54) is 0 Å². The Hall–Kier alpha value is -0.180. The van der Waals surface area contributed by atoms with E-state index in [2.05, 4.69) is 0 Å². The van der Waals surface area contributed by atoms with Crippen molar-refractivity contribution < 1.29 is 9.52 Å². The van der Waals surface area contributed by atoms with Crippen LogP contribution in [-0.2, 0) is 13.0 Å². The summed E-state index contributed by atoms with van der Waals surface area (Å²) in [6.45, 7) is 1.70. The Kier molecular flexibility index (Phi) is 2.82. The van der Waals surface area contributed by atoms with Gasteiger partial charge >= 0.3 is 0 Å². The van der Waals surface area contributed by atoms with Crippen LogP contribution in [0, 0.1) is 0 Å². The first-order valence-corrected chi connectivity index (χ1v) is 4.02. The lowest BCUT2D eigenvalue weighted by Gasteiger charge is -1.87. The molecule has 0 spiro atoms. The van der Waals surface area contributed by atoms with Gasteiger partial charge in [-0.2, -0.15) is 0 Å². The normalized spacial score (nSPS) is 10.5. The monoisotopic (exact) mass is 194 g/mol. The fraction of sp³-hybridized carbons (Fsp3) is 0.429. The smallest absolute Gasteiger partial charge is 0.149 e. The van der Waals surface area contributed by atoms with Crippen molar-refractivity contribution in [2.24, 2.45) is 0 Å². The Morgan fingerprint density at radius 3 is 2.09 bits per heavy atom. The summed E-state index contributed by atoms with van der Waals surface area (Å²) in [5, 5.41) is 9.45. The van der Waals surface area contributed by atoms with Crippen LogP contribution in [0.25, 0.3) is 0 Å². The van der Waals surface area contributed by atoms with Gasteiger partial charge < -0.3 is 9.52 Å². The number of aliphatic hydroxyl groups is 1. The van der Waals surface area contributed by atoms with Gasteiger partial charge in [-0.15, -0.1) is 0 Å². The van der Waals surface area contributed by atoms with E-state index in [1.54, 1.807) is 0 Å². The van der Waals surface area contributed by atoms with E-state index in [9.17, 15) is 0 Å². The highest BCUT2D eigenvalue weighted by atomic mass is 35.5. The van der Waals surface area contributed by atoms with Gasteiger partial charge in [-0.25, -0.2) is 0 Å². The highest BCUT2D eigenvalue weighted by Crippen LogP contribution is 2.32. The van der Waals surface area contributed by atoms with Gasteiger partial charge in [0.1, 0.15) is 28.2 Å². The van der Waals surface area contributed by atoms with Crippen molar-refractivity contribution in [2.75, 3.05) is 0 Å². The molecule has 0 atom stereocenters. The van der Waals surface area contributed by atoms with E-state index in [0.29, 0.717) is 28.0 Å². The molecule has 62 valence electrons. The summed E-state index contributed by atoms with van der Waals surface area (Å²) in [5.74, 6) is 0.967. The lowest BCUT2D eigenvalue weighted by Crippen LogP contribution is -1.76. The van der Waals surface area contributed by atoms with Gasteiger partial charge in [0, 0.05) is 6.42 Å². The molecule has 0 radical (unpaired) electrons. The first-order chi connectivity index (χ1) is 5.20. The molecule has 1 rings (SSSR count). The number of rotatable bonds is 2. The van der Waals surface area contributed by atoms with Gasteiger partial charge in [-0.3, -0.25) is 0 Å². The van der Waals surface area contributed by atoms with Gasteiger partial charge in [-0.1, -0.05) is 30.1 Å². The average Bonchev–Trinajstić information content (AvgIpc) is 2.30. The molecule has 0 aromatic carbocycles. The predicted molar refractivity (Wildman–Crippen MR) is 44.0 cm³/mol. The summed E-state index contributed by atoms with van der Waals surface area (Å²) in [6, 6.07) is 0. The molecule has 1 aromatic rings. The summed E-state index contributed by atoms with van der Waals surface area (Å²) in [4.78, 5) is 0. The highest BCUT2D eigenvalue weighted by molar-refractivity contribution is 6.42. The molecule has 0 saturated carbocycles. The van der Waals surface area contributed by atoms with Crippen LogP contribution in [0.4, 0.5) is 0 Å². The van der Waals surface area contributed by atoms with Crippen molar-refractivity contribution in [3.63, 3.8) is 0 Å². The van der Waals surface area contributed by atoms with Gasteiger partial charge in [0.15, 0.2) is 0 Å². The van der Waals surface area contributed by atoms with E-state index in [-0.39, 0.29) is 6.61 Å². The second-order valence-corrected chi connectivity index (χ2v) is 2.84. The van der Waals surface area contributed by atoms with Crippen LogP contribution in [0.5, 0.6) is 0 Å². The average molecular weight is 195 g/mol. The molecule has 1 aromatic heterocycles. The van der Waals surface area contributed by atoms with Crippen LogP contribution < -0.4 is 0 Å². The van der Waals surface area contributed by atoms with Crippen LogP contribution in [-0.4, -0.2) is 5.11 Å². The molecule has 0 fully saturated rings. The number of furan rings is 1. The Balaban J connectivity index is 3.12. The van der Waals surface area contributed by atoms with Crippen molar-refractivity contribution in [3.8, 4) is 0 Å². The fourth-order valence-electron chi connectivity index (χ4n) is 0.812. The minimum Gasteiger partial charge on any atom is -0.460 e. The molecule has 2 nitrogen and oxygen atoms in total. The van der Waals surface area contributed by atoms with Crippen LogP contribution in [0.15, 0.2) is 4.42 Å². The third-order valence-electron chi connectivity index (χ3n) is 1.39. The van der Waals surface area contributed by atoms with Crippen LogP contribution >= 0.6 is 23.2 Å². The molecular weight excluding hydrogens is 187 g/mol. The van der Waals surface area contributed by atoms with Crippen molar-refractivity contribution in [1.82, 2.24) is 0 Å². The topological polar surface area (TPSA) is 33.4 Å². The largest absolute Gasteiger partial charge is 0.460 e. The SMILES string of the molecule is CCc1oc(CO)c(Cl)c1Cl. The fourth-order valence-corrected chi connectivity index (χ4v) is 1.29. The zero-order valence-corrected chi connectivity index (χ0v) is 7.54. The van der Waals surface area contributed by atoms with Crippen molar-refractivity contribution in [1.29, 1.82) is 0 Å². The quantitative estimate of drug-likeness (QED) is 0.786. The van der Waals surface area contributed by atoms with Crippen molar-refractivity contribution in [2.45, 2.75) is 20.0 Å². The molecular formula is C7H8Cl2O2. The Morgan fingerprint density at radius 2 is 1.82 bits per heavy atom. The van der Waals surface area contributed by atoms with Crippen molar-refractivity contribution >= 4 is 23.2 Å². The Morgan fingerprint density at radius 1 is 1.27 bits per heavy atom. The zero-order chi connectivity index (χ0) is 8.43. The van der Waals surface area contributed by atoms with Gasteiger partial charge in [0.25, 0.3) is 0 Å². The number of halogens is 2. The van der Waals surface area contributed by atoms with E-state index < -0.39 is 0 Å². The van der Waals surface area contributed by atoms with Crippen LogP contribution in [0.2, 0.25) is 10.0 Å². The minimum absolute atomic E-state index is 0.210. The number of hydrogen-bond acceptors (Lipinski definition) is 2. The molecule has 4 heteroatoms. The summed E-state index contributed by atoms with van der Waals surface area (Å²) in [6.07, 6.45) is 0.679. The maximum absolute atomic E-state index is 8.71. The first-order valence-electron chi connectivity index (χ1n) is 3.27. The van der Waals surface area contributed by atoms with Crippen LogP contribution in [0.3, 0.4) is 0 Å². The van der Waals surface area contributed by atoms with E-state index >= 15 is 0 Å². The summed E-state index contributed by atoms with van der Waals surface area (Å²) >= 11 is 11.5. The molecule has 11 heavy (non-hydrogen) atoms. The molecule has 0 aliphatic heterocycles. The van der Waals surface area contributed by atoms with Gasteiger partial charge in [0.05, 0.1) is 0 Å². The summed E-state index contributed by atoms with van der Waals surface area (Å²) in [5.41, 5.74) is 0. The van der Waals surface area contributed by atoms with E-state index in [0.717, 1.165) is 0 Å². The second-order valence-electron chi connectivity index (χ2n) is 2.09. The molecule has 0 saturated heterocycles. The molecule has 0 aliphatic rings. The van der Waals surface area contributed by atoms with Gasteiger partial charge in [-0.05, 0) is 0 Å². The maximum Gasteiger partial charge on any atom is 0.149 e. The molecule has 0 bridgehead atoms. The summed E-state index contributed by atoms with van der Waals surface area (Å²) < 4.78 is 5.13. The molecule has 0 unspecified atom stereocenters. The lowest BCUT2D eigenvalue weighted by molar-refractivity contribution is 0.244. The predicted octanol–water partition coefficient (Wildman–Crippen LogP) is 2.64. The van der Waals surface area contributed by atoms with Gasteiger partial charge in [0.2, 0.25) is 0 Å². The zero-order valence-electron chi connectivity index (χ0n) is 6.03. The third-order valence-corrected chi connectivity index (χ3v) is 2.29. The second kappa shape index (κ2) is 3.48. The molecule has 1 heterocycles. The molecule has 0 amide bonds. The number of hydrogen-bond donors (Lipinski definition) is 1. The number of aryl methyl sites for hydroxylation is 1. The third kappa shape index (κ3) is 1.53. The van der Waals surface area contributed by atoms with Crippen LogP contribution in [0.1, 0.15) is 18.4 Å². The Labute approximate surface area is 74.7 Å². The number of aliphatic hydroxyl groups excluding tert-OH is 1. The minimum atomic E-state index is -0.210. The lowest BCUT2D eigenvalue weighted by atomic mass is 10.3. The first kappa shape index (κ1) is 8.91. The van der Waals surface area contributed by atoms with E-state index in [1.807, 2.05) is 6.92 Å². The van der Waals surface area contributed by atoms with E-state index in [4.69, 9.17) is 32.7 Å². The highest BCUT2D eigenvalue weighted by Gasteiger charge is 2.14. The molecule has 1 N–H and O–H groups in total. The van der Waals surface area contributed by atoms with Crippen molar-refractivity contribution in [3.05, 3.63) is 21.6 Å². The molecule has 0 aliphatic carbocycles. The summed E-state index contributed by atoms with van der Waals surface area (Å²) in [7, 11) is 0. The Bertz CT molecular complexity index is 231. The maximum atomic E-state index is 8.71. The standard InChI is InChI=1S/C7H8Cl2O2/c1-2-4-6(8)7(9)5(3-10)11-4/h10H,2-3H2,1H3.